The molecule has 1 aromatic rings. The number of nitrogens with two attached hydrogens (primary N) is 1. The molecule has 0 radical (unpaired) electrons. The fourth-order valence-electron chi connectivity index (χ4n) is 1.95. The highest BCUT2D eigenvalue weighted by molar-refractivity contribution is 6.03. The van der Waals surface area contributed by atoms with Crippen LogP contribution in [-0.2, 0) is 4.79 Å². The molecule has 1 amide bonds. The summed E-state index contributed by atoms with van der Waals surface area (Å²) in [6, 6.07) is 5.52. The molecule has 0 bridgehead atoms. The number of rotatable bonds is 1. The van der Waals surface area contributed by atoms with Gasteiger partial charge in [-0.1, -0.05) is 6.07 Å². The van der Waals surface area contributed by atoms with E-state index in [1.165, 1.54) is 0 Å². The van der Waals surface area contributed by atoms with Gasteiger partial charge in [-0.05, 0) is 32.9 Å². The van der Waals surface area contributed by atoms with Crippen molar-refractivity contribution in [3.8, 4) is 5.75 Å². The van der Waals surface area contributed by atoms with E-state index in [0.29, 0.717) is 17.1 Å². The van der Waals surface area contributed by atoms with Crippen molar-refractivity contribution in [3.63, 3.8) is 0 Å². The third-order valence-corrected chi connectivity index (χ3v) is 2.68. The fraction of sp³-hybridized carbons (Fsp3) is 0.417. The van der Waals surface area contributed by atoms with Gasteiger partial charge in [0.25, 0.3) is 5.91 Å². The van der Waals surface area contributed by atoms with Crippen molar-refractivity contribution < 1.29 is 9.53 Å². The molecule has 0 saturated heterocycles. The van der Waals surface area contributed by atoms with Gasteiger partial charge in [0.15, 0.2) is 6.10 Å². The number of anilines is 2. The number of para-hydroxylation sites is 1. The smallest absolute Gasteiger partial charge is 0.268 e. The second kappa shape index (κ2) is 3.70. The summed E-state index contributed by atoms with van der Waals surface area (Å²) in [7, 11) is 0. The highest BCUT2D eigenvalue weighted by Gasteiger charge is 2.34. The minimum absolute atomic E-state index is 0.0413. The third kappa shape index (κ3) is 1.50. The van der Waals surface area contributed by atoms with Crippen molar-refractivity contribution in [3.05, 3.63) is 18.2 Å². The third-order valence-electron chi connectivity index (χ3n) is 2.68. The van der Waals surface area contributed by atoms with E-state index >= 15 is 0 Å². The van der Waals surface area contributed by atoms with Gasteiger partial charge in [-0.25, -0.2) is 0 Å². The second-order valence-electron chi connectivity index (χ2n) is 4.26. The van der Waals surface area contributed by atoms with E-state index in [1.807, 2.05) is 26.0 Å². The molecule has 0 aliphatic carbocycles. The Morgan fingerprint density at radius 1 is 1.44 bits per heavy atom. The SMILES string of the molecule is CC1Oc2cccc(N)c2N(C(C)C)C1=O. The van der Waals surface area contributed by atoms with Crippen LogP contribution in [0.5, 0.6) is 5.75 Å². The number of carbonyl (C=O) groups is 1. The van der Waals surface area contributed by atoms with Crippen LogP contribution in [0.3, 0.4) is 0 Å². The minimum Gasteiger partial charge on any atom is -0.479 e. The van der Waals surface area contributed by atoms with E-state index in [2.05, 4.69) is 0 Å². The standard InChI is InChI=1S/C12H16N2O2/c1-7(2)14-11-9(13)5-4-6-10(11)16-8(3)12(14)15/h4-8H,13H2,1-3H3. The molecule has 1 aliphatic rings. The van der Waals surface area contributed by atoms with Gasteiger partial charge in [0.05, 0.1) is 5.69 Å². The van der Waals surface area contributed by atoms with Crippen LogP contribution in [0.4, 0.5) is 11.4 Å². The van der Waals surface area contributed by atoms with Gasteiger partial charge in [0.1, 0.15) is 11.4 Å². The lowest BCUT2D eigenvalue weighted by Gasteiger charge is -2.36. The predicted octanol–water partition coefficient (Wildman–Crippen LogP) is 1.79. The van der Waals surface area contributed by atoms with Crippen LogP contribution < -0.4 is 15.4 Å². The van der Waals surface area contributed by atoms with Crippen LogP contribution in [0, 0.1) is 0 Å². The lowest BCUT2D eigenvalue weighted by atomic mass is 10.1. The lowest BCUT2D eigenvalue weighted by Crippen LogP contribution is -2.48. The molecular weight excluding hydrogens is 204 g/mol. The van der Waals surface area contributed by atoms with Gasteiger partial charge in [0.2, 0.25) is 0 Å². The Kier molecular flexibility index (Phi) is 2.50. The van der Waals surface area contributed by atoms with Gasteiger partial charge in [0, 0.05) is 6.04 Å². The molecule has 2 N–H and O–H groups in total. The molecule has 86 valence electrons. The summed E-state index contributed by atoms with van der Waals surface area (Å²) >= 11 is 0. The average Bonchev–Trinajstić information content (AvgIpc) is 2.20. The molecule has 0 fully saturated rings. The van der Waals surface area contributed by atoms with E-state index in [4.69, 9.17) is 10.5 Å². The summed E-state index contributed by atoms with van der Waals surface area (Å²) in [5, 5.41) is 0. The quantitative estimate of drug-likeness (QED) is 0.734. The number of nitrogens with zero attached hydrogens (tertiary/aromatic N) is 1. The summed E-state index contributed by atoms with van der Waals surface area (Å²) < 4.78 is 5.53. The first-order valence-corrected chi connectivity index (χ1v) is 5.40. The molecule has 2 rings (SSSR count). The fourth-order valence-corrected chi connectivity index (χ4v) is 1.95. The van der Waals surface area contributed by atoms with Gasteiger partial charge < -0.3 is 15.4 Å². The molecule has 1 atom stereocenters. The monoisotopic (exact) mass is 220 g/mol. The van der Waals surface area contributed by atoms with Gasteiger partial charge in [-0.15, -0.1) is 0 Å². The molecular formula is C12H16N2O2. The van der Waals surface area contributed by atoms with Gasteiger partial charge >= 0.3 is 0 Å². The first-order valence-electron chi connectivity index (χ1n) is 5.40. The minimum atomic E-state index is -0.448. The zero-order valence-electron chi connectivity index (χ0n) is 9.73. The highest BCUT2D eigenvalue weighted by Crippen LogP contribution is 2.39. The van der Waals surface area contributed by atoms with Gasteiger partial charge in [-0.3, -0.25) is 4.79 Å². The Morgan fingerprint density at radius 3 is 2.75 bits per heavy atom. The molecule has 1 aliphatic heterocycles. The predicted molar refractivity (Wildman–Crippen MR) is 63.6 cm³/mol. The molecule has 4 nitrogen and oxygen atoms in total. The number of amides is 1. The maximum Gasteiger partial charge on any atom is 0.268 e. The van der Waals surface area contributed by atoms with E-state index < -0.39 is 6.10 Å². The number of fused-ring (bicyclic) bond motifs is 1. The zero-order valence-corrected chi connectivity index (χ0v) is 9.73. The van der Waals surface area contributed by atoms with Crippen LogP contribution in [0.2, 0.25) is 0 Å². The van der Waals surface area contributed by atoms with Crippen LogP contribution in [-0.4, -0.2) is 18.1 Å². The molecule has 0 aromatic heterocycles. The van der Waals surface area contributed by atoms with E-state index in [9.17, 15) is 4.79 Å². The Hall–Kier alpha value is -1.71. The number of ether oxygens (including phenoxy) is 1. The number of carbonyl (C=O) groups excluding carboxylic acids is 1. The largest absolute Gasteiger partial charge is 0.479 e. The maximum atomic E-state index is 12.0. The average molecular weight is 220 g/mol. The number of hydrogen-bond acceptors (Lipinski definition) is 3. The van der Waals surface area contributed by atoms with Crippen molar-refractivity contribution in [1.29, 1.82) is 0 Å². The van der Waals surface area contributed by atoms with Crippen LogP contribution in [0.25, 0.3) is 0 Å². The first kappa shape index (κ1) is 10.8. The van der Waals surface area contributed by atoms with Crippen LogP contribution in [0.1, 0.15) is 20.8 Å². The van der Waals surface area contributed by atoms with Crippen molar-refractivity contribution in [2.75, 3.05) is 10.6 Å². The summed E-state index contributed by atoms with van der Waals surface area (Å²) in [4.78, 5) is 13.7. The zero-order chi connectivity index (χ0) is 11.9. The first-order chi connectivity index (χ1) is 7.52. The van der Waals surface area contributed by atoms with Crippen molar-refractivity contribution in [2.45, 2.75) is 32.9 Å². The van der Waals surface area contributed by atoms with Crippen LogP contribution >= 0.6 is 0 Å². The molecule has 16 heavy (non-hydrogen) atoms. The Bertz CT molecular complexity index is 429. The molecule has 4 heteroatoms. The second-order valence-corrected chi connectivity index (χ2v) is 4.26. The van der Waals surface area contributed by atoms with E-state index in [0.717, 1.165) is 0 Å². The van der Waals surface area contributed by atoms with Crippen molar-refractivity contribution >= 4 is 17.3 Å². The van der Waals surface area contributed by atoms with Crippen molar-refractivity contribution in [2.24, 2.45) is 0 Å². The summed E-state index contributed by atoms with van der Waals surface area (Å²) in [5.41, 5.74) is 7.17. The van der Waals surface area contributed by atoms with Gasteiger partial charge in [-0.2, -0.15) is 0 Å². The topological polar surface area (TPSA) is 55.6 Å². The van der Waals surface area contributed by atoms with E-state index in [-0.39, 0.29) is 11.9 Å². The van der Waals surface area contributed by atoms with Crippen molar-refractivity contribution in [1.82, 2.24) is 0 Å². The highest BCUT2D eigenvalue weighted by atomic mass is 16.5. The molecule has 0 saturated carbocycles. The number of benzene rings is 1. The number of nitrogen functional groups attached to an aromatic ring is 1. The Labute approximate surface area is 95.0 Å². The molecule has 0 spiro atoms. The Balaban J connectivity index is 2.58. The summed E-state index contributed by atoms with van der Waals surface area (Å²) in [5.74, 6) is 0.640. The molecule has 1 aromatic carbocycles. The molecule has 1 unspecified atom stereocenters. The van der Waals surface area contributed by atoms with E-state index in [1.54, 1.807) is 17.9 Å². The van der Waals surface area contributed by atoms with Crippen LogP contribution in [0.15, 0.2) is 18.2 Å². The Morgan fingerprint density at radius 2 is 2.12 bits per heavy atom. The summed E-state index contributed by atoms with van der Waals surface area (Å²) in [6.45, 7) is 5.68. The number of hydrogen-bond donors (Lipinski definition) is 1. The molecule has 1 heterocycles. The lowest BCUT2D eigenvalue weighted by molar-refractivity contribution is -0.125. The maximum absolute atomic E-state index is 12.0. The summed E-state index contributed by atoms with van der Waals surface area (Å²) in [6.07, 6.45) is -0.448. The normalized spacial score (nSPS) is 19.6.